The highest BCUT2D eigenvalue weighted by atomic mass is 35.5. The summed E-state index contributed by atoms with van der Waals surface area (Å²) in [7, 11) is 0. The third-order valence-corrected chi connectivity index (χ3v) is 5.83. The number of rotatable bonds is 6. The van der Waals surface area contributed by atoms with E-state index in [0.29, 0.717) is 18.3 Å². The van der Waals surface area contributed by atoms with Crippen LogP contribution in [0.4, 0.5) is 5.88 Å². The van der Waals surface area contributed by atoms with Crippen molar-refractivity contribution in [3.63, 3.8) is 0 Å². The van der Waals surface area contributed by atoms with Gasteiger partial charge in [0.25, 0.3) is 0 Å². The lowest BCUT2D eigenvalue weighted by molar-refractivity contribution is 0.170. The van der Waals surface area contributed by atoms with Gasteiger partial charge in [0.2, 0.25) is 17.5 Å². The van der Waals surface area contributed by atoms with Gasteiger partial charge in [-0.3, -0.25) is 4.90 Å². The van der Waals surface area contributed by atoms with E-state index in [1.807, 2.05) is 43.3 Å². The molecule has 0 bridgehead atoms. The molecule has 2 aromatic carbocycles. The largest absolute Gasteiger partial charge is 0.419 e. The van der Waals surface area contributed by atoms with E-state index in [1.165, 1.54) is 24.8 Å². The second-order valence-electron chi connectivity index (χ2n) is 7.72. The number of nitriles is 1. The van der Waals surface area contributed by atoms with Gasteiger partial charge >= 0.3 is 0 Å². The minimum absolute atomic E-state index is 0.169. The molecule has 1 atom stereocenters. The average molecular weight is 421 g/mol. The second-order valence-corrected chi connectivity index (χ2v) is 8.16. The molecule has 1 aromatic heterocycles. The first-order valence-corrected chi connectivity index (χ1v) is 10.7. The van der Waals surface area contributed by atoms with Crippen molar-refractivity contribution < 1.29 is 4.42 Å². The Balaban J connectivity index is 1.56. The first kappa shape index (κ1) is 20.5. The normalized spacial score (nSPS) is 15.5. The van der Waals surface area contributed by atoms with E-state index in [9.17, 15) is 5.26 Å². The van der Waals surface area contributed by atoms with E-state index in [-0.39, 0.29) is 11.7 Å². The van der Waals surface area contributed by atoms with Crippen LogP contribution < -0.4 is 5.32 Å². The molecule has 0 aliphatic carbocycles. The number of aryl methyl sites for hydroxylation is 1. The van der Waals surface area contributed by atoms with Gasteiger partial charge in [-0.15, -0.1) is 0 Å². The number of aromatic nitrogens is 1. The minimum Gasteiger partial charge on any atom is -0.419 e. The fraction of sp³-hybridized carbons (Fsp3) is 0.333. The fourth-order valence-corrected chi connectivity index (χ4v) is 4.02. The quantitative estimate of drug-likeness (QED) is 0.544. The summed E-state index contributed by atoms with van der Waals surface area (Å²) in [4.78, 5) is 6.87. The standard InChI is InChI=1S/C24H25ClN4O/c1-17-5-7-19(8-6-17)23-28-21(15-26)24(30-23)27-16-22(29-13-3-2-4-14-29)18-9-11-20(25)12-10-18/h5-12,22,27H,2-4,13-14,16H2,1H3. The maximum absolute atomic E-state index is 9.55. The molecule has 0 spiro atoms. The highest BCUT2D eigenvalue weighted by molar-refractivity contribution is 6.30. The van der Waals surface area contributed by atoms with Crippen LogP contribution >= 0.6 is 11.6 Å². The van der Waals surface area contributed by atoms with Gasteiger partial charge in [0.05, 0.1) is 6.04 Å². The molecule has 0 saturated carbocycles. The zero-order valence-electron chi connectivity index (χ0n) is 17.1. The molecule has 1 aliphatic rings. The van der Waals surface area contributed by atoms with Crippen LogP contribution in [0.1, 0.15) is 42.1 Å². The van der Waals surface area contributed by atoms with Gasteiger partial charge in [-0.25, -0.2) is 0 Å². The van der Waals surface area contributed by atoms with Crippen LogP contribution in [-0.4, -0.2) is 29.5 Å². The number of anilines is 1. The molecule has 1 saturated heterocycles. The van der Waals surface area contributed by atoms with Gasteiger partial charge in [-0.05, 0) is 62.7 Å². The first-order valence-electron chi connectivity index (χ1n) is 10.4. The van der Waals surface area contributed by atoms with Crippen LogP contribution in [0.5, 0.6) is 0 Å². The van der Waals surface area contributed by atoms with Gasteiger partial charge in [-0.1, -0.05) is 47.9 Å². The van der Waals surface area contributed by atoms with Gasteiger partial charge in [0.15, 0.2) is 0 Å². The Morgan fingerprint density at radius 3 is 2.47 bits per heavy atom. The highest BCUT2D eigenvalue weighted by Crippen LogP contribution is 2.29. The third-order valence-electron chi connectivity index (χ3n) is 5.57. The average Bonchev–Trinajstić information content (AvgIpc) is 3.19. The third kappa shape index (κ3) is 4.67. The zero-order valence-corrected chi connectivity index (χ0v) is 17.8. The molecular weight excluding hydrogens is 396 g/mol. The van der Waals surface area contributed by atoms with Crippen LogP contribution in [0.25, 0.3) is 11.5 Å². The van der Waals surface area contributed by atoms with Crippen LogP contribution in [0.15, 0.2) is 52.9 Å². The zero-order chi connectivity index (χ0) is 20.9. The number of benzene rings is 2. The second kappa shape index (κ2) is 9.34. The van der Waals surface area contributed by atoms with E-state index in [2.05, 4.69) is 33.4 Å². The maximum Gasteiger partial charge on any atom is 0.232 e. The molecule has 154 valence electrons. The summed E-state index contributed by atoms with van der Waals surface area (Å²) in [6, 6.07) is 18.2. The summed E-state index contributed by atoms with van der Waals surface area (Å²) in [5.74, 6) is 0.874. The molecular formula is C24H25ClN4O. The Kier molecular flexibility index (Phi) is 6.37. The Morgan fingerprint density at radius 1 is 1.10 bits per heavy atom. The highest BCUT2D eigenvalue weighted by Gasteiger charge is 2.24. The van der Waals surface area contributed by atoms with Gasteiger partial charge in [-0.2, -0.15) is 10.2 Å². The number of oxazole rings is 1. The summed E-state index contributed by atoms with van der Waals surface area (Å²) >= 11 is 6.10. The molecule has 0 radical (unpaired) electrons. The summed E-state index contributed by atoms with van der Waals surface area (Å²) in [5, 5.41) is 13.6. The Bertz CT molecular complexity index is 1010. The lowest BCUT2D eigenvalue weighted by atomic mass is 10.0. The monoisotopic (exact) mass is 420 g/mol. The molecule has 5 nitrogen and oxygen atoms in total. The molecule has 3 aromatic rings. The molecule has 30 heavy (non-hydrogen) atoms. The Morgan fingerprint density at radius 2 is 1.80 bits per heavy atom. The van der Waals surface area contributed by atoms with Crippen molar-refractivity contribution in [1.82, 2.24) is 9.88 Å². The molecule has 4 rings (SSSR count). The van der Waals surface area contributed by atoms with Crippen LogP contribution in [0, 0.1) is 18.3 Å². The van der Waals surface area contributed by atoms with Gasteiger partial charge in [0.1, 0.15) is 6.07 Å². The van der Waals surface area contributed by atoms with Crippen molar-refractivity contribution >= 4 is 17.5 Å². The Labute approximate surface area is 182 Å². The van der Waals surface area contributed by atoms with E-state index in [4.69, 9.17) is 16.0 Å². The minimum atomic E-state index is 0.169. The summed E-state index contributed by atoms with van der Waals surface area (Å²) in [6.07, 6.45) is 3.68. The predicted octanol–water partition coefficient (Wildman–Crippen LogP) is 5.81. The van der Waals surface area contributed by atoms with Gasteiger partial charge < -0.3 is 9.73 Å². The maximum atomic E-state index is 9.55. The van der Waals surface area contributed by atoms with Crippen LogP contribution in [0.2, 0.25) is 5.02 Å². The van der Waals surface area contributed by atoms with E-state index < -0.39 is 0 Å². The number of hydrogen-bond acceptors (Lipinski definition) is 5. The SMILES string of the molecule is Cc1ccc(-c2nc(C#N)c(NCC(c3ccc(Cl)cc3)N3CCCCC3)o2)cc1. The number of piperidine rings is 1. The van der Waals surface area contributed by atoms with E-state index >= 15 is 0 Å². The lowest BCUT2D eigenvalue weighted by Gasteiger charge is -2.35. The predicted molar refractivity (Wildman–Crippen MR) is 119 cm³/mol. The van der Waals surface area contributed by atoms with Crippen LogP contribution in [0.3, 0.4) is 0 Å². The number of nitrogens with one attached hydrogen (secondary N) is 1. The molecule has 1 N–H and O–H groups in total. The van der Waals surface area contributed by atoms with Crippen molar-refractivity contribution in [2.75, 3.05) is 25.0 Å². The summed E-state index contributed by atoms with van der Waals surface area (Å²) in [6.45, 7) is 4.78. The molecule has 1 aliphatic heterocycles. The smallest absolute Gasteiger partial charge is 0.232 e. The fourth-order valence-electron chi connectivity index (χ4n) is 3.90. The number of hydrogen-bond donors (Lipinski definition) is 1. The van der Waals surface area contributed by atoms with Crippen molar-refractivity contribution in [3.05, 3.63) is 70.4 Å². The van der Waals surface area contributed by atoms with Gasteiger partial charge in [0, 0.05) is 17.1 Å². The molecule has 1 unspecified atom stereocenters. The Hall–Kier alpha value is -2.81. The van der Waals surface area contributed by atoms with E-state index in [1.54, 1.807) is 0 Å². The van der Waals surface area contributed by atoms with Crippen molar-refractivity contribution in [3.8, 4) is 17.5 Å². The molecule has 2 heterocycles. The van der Waals surface area contributed by atoms with Crippen molar-refractivity contribution in [2.24, 2.45) is 0 Å². The van der Waals surface area contributed by atoms with Crippen LogP contribution in [-0.2, 0) is 0 Å². The molecule has 1 fully saturated rings. The van der Waals surface area contributed by atoms with Crippen molar-refractivity contribution in [1.29, 1.82) is 5.26 Å². The molecule has 0 amide bonds. The first-order chi connectivity index (χ1) is 14.6. The van der Waals surface area contributed by atoms with E-state index in [0.717, 1.165) is 29.2 Å². The van der Waals surface area contributed by atoms with Crippen molar-refractivity contribution in [2.45, 2.75) is 32.2 Å². The summed E-state index contributed by atoms with van der Waals surface area (Å²) < 4.78 is 5.94. The molecule has 6 heteroatoms. The number of nitrogens with zero attached hydrogens (tertiary/aromatic N) is 3. The number of halogens is 1. The topological polar surface area (TPSA) is 65.1 Å². The number of likely N-dealkylation sites (tertiary alicyclic amines) is 1. The summed E-state index contributed by atoms with van der Waals surface area (Å²) in [5.41, 5.74) is 3.50. The lowest BCUT2D eigenvalue weighted by Crippen LogP contribution is -2.37.